The Balaban J connectivity index is 1.33. The lowest BCUT2D eigenvalue weighted by Crippen LogP contribution is -2.12. The van der Waals surface area contributed by atoms with Crippen molar-refractivity contribution in [2.24, 2.45) is 0 Å². The number of aryl methyl sites for hydroxylation is 1. The number of rotatable bonds is 6. The van der Waals surface area contributed by atoms with Gasteiger partial charge in [0.05, 0.1) is 11.9 Å². The number of hydrogen-bond donors (Lipinski definition) is 1. The minimum absolute atomic E-state index is 0.165. The Bertz CT molecular complexity index is 1140. The molecule has 4 rings (SSSR count). The van der Waals surface area contributed by atoms with Crippen LogP contribution in [0.4, 0.5) is 13.9 Å². The van der Waals surface area contributed by atoms with E-state index in [-0.39, 0.29) is 24.0 Å². The van der Waals surface area contributed by atoms with Gasteiger partial charge in [-0.25, -0.2) is 18.7 Å². The summed E-state index contributed by atoms with van der Waals surface area (Å²) in [7, 11) is 0. The van der Waals surface area contributed by atoms with Crippen molar-refractivity contribution in [2.45, 2.75) is 12.8 Å². The number of anilines is 1. The van der Waals surface area contributed by atoms with Gasteiger partial charge in [0.15, 0.2) is 16.8 Å². The van der Waals surface area contributed by atoms with E-state index in [1.165, 1.54) is 35.6 Å². The van der Waals surface area contributed by atoms with Crippen molar-refractivity contribution < 1.29 is 18.0 Å². The molecule has 5 nitrogen and oxygen atoms in total. The van der Waals surface area contributed by atoms with Gasteiger partial charge in [-0.15, -0.1) is 11.3 Å². The molecule has 0 aliphatic heterocycles. The van der Waals surface area contributed by atoms with Gasteiger partial charge < -0.3 is 9.73 Å². The smallest absolute Gasteiger partial charge is 0.226 e. The average molecular weight is 411 g/mol. The van der Waals surface area contributed by atoms with Gasteiger partial charge in [-0.05, 0) is 36.4 Å². The normalized spacial score (nSPS) is 10.8. The number of thiazole rings is 1. The third-order valence-corrected chi connectivity index (χ3v) is 4.88. The molecule has 0 saturated heterocycles. The van der Waals surface area contributed by atoms with Gasteiger partial charge in [0.25, 0.3) is 0 Å². The SMILES string of the molecule is O=C(CCc1ncc(-c2ccc(F)cc2)o1)Nc1nc(-c2cccc(F)c2)cs1. The van der Waals surface area contributed by atoms with E-state index in [0.717, 1.165) is 0 Å². The standard InChI is InChI=1S/C21H15F2N3O2S/c22-15-6-4-13(5-7-15)18-11-24-20(28-18)9-8-19(27)26-21-25-17(12-29-21)14-2-1-3-16(23)10-14/h1-7,10-12H,8-9H2,(H,25,26,27). The van der Waals surface area contributed by atoms with Crippen molar-refractivity contribution in [2.75, 3.05) is 5.32 Å². The first-order valence-corrected chi connectivity index (χ1v) is 9.67. The van der Waals surface area contributed by atoms with Crippen molar-refractivity contribution in [3.8, 4) is 22.6 Å². The van der Waals surface area contributed by atoms with Crippen LogP contribution < -0.4 is 5.32 Å². The van der Waals surface area contributed by atoms with Crippen molar-refractivity contribution in [3.05, 3.63) is 77.6 Å². The van der Waals surface area contributed by atoms with E-state index in [9.17, 15) is 13.6 Å². The molecule has 0 unspecified atom stereocenters. The highest BCUT2D eigenvalue weighted by Gasteiger charge is 2.12. The van der Waals surface area contributed by atoms with Gasteiger partial charge in [0, 0.05) is 29.3 Å². The number of carbonyl (C=O) groups is 1. The lowest BCUT2D eigenvalue weighted by molar-refractivity contribution is -0.116. The van der Waals surface area contributed by atoms with Crippen LogP contribution in [-0.4, -0.2) is 15.9 Å². The molecule has 146 valence electrons. The molecule has 1 amide bonds. The molecule has 8 heteroatoms. The largest absolute Gasteiger partial charge is 0.441 e. The fourth-order valence-electron chi connectivity index (χ4n) is 2.69. The van der Waals surface area contributed by atoms with Crippen LogP contribution in [0.1, 0.15) is 12.3 Å². The molecule has 2 aromatic heterocycles. The summed E-state index contributed by atoms with van der Waals surface area (Å²) in [5.41, 5.74) is 1.96. The van der Waals surface area contributed by atoms with E-state index in [2.05, 4.69) is 15.3 Å². The molecule has 0 aliphatic carbocycles. The quantitative estimate of drug-likeness (QED) is 0.467. The molecule has 0 fully saturated rings. The topological polar surface area (TPSA) is 68.0 Å². The molecule has 4 aromatic rings. The van der Waals surface area contributed by atoms with Crippen molar-refractivity contribution >= 4 is 22.4 Å². The minimum Gasteiger partial charge on any atom is -0.441 e. The van der Waals surface area contributed by atoms with Crippen LogP contribution in [0, 0.1) is 11.6 Å². The molecule has 0 saturated carbocycles. The molecular formula is C21H15F2N3O2S. The third kappa shape index (κ3) is 4.72. The van der Waals surface area contributed by atoms with Crippen LogP contribution in [0.15, 0.2) is 64.5 Å². The Morgan fingerprint density at radius 2 is 1.90 bits per heavy atom. The number of aromatic nitrogens is 2. The summed E-state index contributed by atoms with van der Waals surface area (Å²) in [4.78, 5) is 20.7. The van der Waals surface area contributed by atoms with E-state index >= 15 is 0 Å². The summed E-state index contributed by atoms with van der Waals surface area (Å²) < 4.78 is 32.0. The maximum absolute atomic E-state index is 13.3. The second kappa shape index (κ2) is 8.32. The Morgan fingerprint density at radius 3 is 2.69 bits per heavy atom. The van der Waals surface area contributed by atoms with Gasteiger partial charge in [-0.1, -0.05) is 12.1 Å². The van der Waals surface area contributed by atoms with E-state index in [0.29, 0.717) is 40.0 Å². The zero-order chi connectivity index (χ0) is 20.2. The van der Waals surface area contributed by atoms with Crippen LogP contribution in [0.25, 0.3) is 22.6 Å². The summed E-state index contributed by atoms with van der Waals surface area (Å²) >= 11 is 1.27. The fraction of sp³-hybridized carbons (Fsp3) is 0.0952. The second-order valence-corrected chi connectivity index (χ2v) is 7.08. The summed E-state index contributed by atoms with van der Waals surface area (Å²) in [6.07, 6.45) is 2.03. The van der Waals surface area contributed by atoms with Gasteiger partial charge in [0.2, 0.25) is 5.91 Å². The molecule has 2 aromatic carbocycles. The average Bonchev–Trinajstić information content (AvgIpc) is 3.37. The zero-order valence-electron chi connectivity index (χ0n) is 15.1. The number of nitrogens with zero attached hydrogens (tertiary/aromatic N) is 2. The first-order valence-electron chi connectivity index (χ1n) is 8.79. The van der Waals surface area contributed by atoms with Gasteiger partial charge in [-0.2, -0.15) is 0 Å². The van der Waals surface area contributed by atoms with E-state index in [1.807, 2.05) is 0 Å². The van der Waals surface area contributed by atoms with Crippen molar-refractivity contribution in [1.29, 1.82) is 0 Å². The Kier molecular flexibility index (Phi) is 5.44. The predicted molar refractivity (Wildman–Crippen MR) is 106 cm³/mol. The molecule has 0 spiro atoms. The maximum Gasteiger partial charge on any atom is 0.226 e. The number of amides is 1. The molecule has 2 heterocycles. The molecular weight excluding hydrogens is 396 g/mol. The zero-order valence-corrected chi connectivity index (χ0v) is 15.9. The number of carbonyl (C=O) groups excluding carboxylic acids is 1. The molecule has 1 N–H and O–H groups in total. The first-order chi connectivity index (χ1) is 14.1. The van der Waals surface area contributed by atoms with E-state index < -0.39 is 0 Å². The highest BCUT2D eigenvalue weighted by atomic mass is 32.1. The monoisotopic (exact) mass is 411 g/mol. The minimum atomic E-state index is -0.341. The summed E-state index contributed by atoms with van der Waals surface area (Å²) in [6, 6.07) is 12.0. The molecule has 29 heavy (non-hydrogen) atoms. The second-order valence-electron chi connectivity index (χ2n) is 6.22. The number of oxazole rings is 1. The molecule has 0 atom stereocenters. The molecule has 0 radical (unpaired) electrons. The van der Waals surface area contributed by atoms with Crippen LogP contribution in [-0.2, 0) is 11.2 Å². The first kappa shape index (κ1) is 18.9. The van der Waals surface area contributed by atoms with Crippen molar-refractivity contribution in [1.82, 2.24) is 9.97 Å². The third-order valence-electron chi connectivity index (χ3n) is 4.12. The summed E-state index contributed by atoms with van der Waals surface area (Å²) in [5.74, 6) is 0.0331. The lowest BCUT2D eigenvalue weighted by Gasteiger charge is -2.00. The highest BCUT2D eigenvalue weighted by Crippen LogP contribution is 2.26. The number of nitrogens with one attached hydrogen (secondary N) is 1. The van der Waals surface area contributed by atoms with Crippen LogP contribution in [0.5, 0.6) is 0 Å². The lowest BCUT2D eigenvalue weighted by atomic mass is 10.2. The highest BCUT2D eigenvalue weighted by molar-refractivity contribution is 7.14. The summed E-state index contributed by atoms with van der Waals surface area (Å²) in [5, 5.41) is 4.92. The molecule has 0 aliphatic rings. The number of hydrogen-bond acceptors (Lipinski definition) is 5. The Labute approximate surface area is 169 Å². The fourth-order valence-corrected chi connectivity index (χ4v) is 3.42. The summed E-state index contributed by atoms with van der Waals surface area (Å²) in [6.45, 7) is 0. The number of benzene rings is 2. The van der Waals surface area contributed by atoms with Crippen molar-refractivity contribution in [3.63, 3.8) is 0 Å². The number of halogens is 2. The van der Waals surface area contributed by atoms with Gasteiger partial charge in [-0.3, -0.25) is 4.79 Å². The predicted octanol–water partition coefficient (Wildman–Crippen LogP) is 5.31. The van der Waals surface area contributed by atoms with Crippen LogP contribution >= 0.6 is 11.3 Å². The Hall–Kier alpha value is -3.39. The van der Waals surface area contributed by atoms with E-state index in [4.69, 9.17) is 4.42 Å². The van der Waals surface area contributed by atoms with Gasteiger partial charge in [0.1, 0.15) is 11.6 Å². The maximum atomic E-state index is 13.3. The Morgan fingerprint density at radius 1 is 1.07 bits per heavy atom. The van der Waals surface area contributed by atoms with Crippen LogP contribution in [0.2, 0.25) is 0 Å². The van der Waals surface area contributed by atoms with Crippen LogP contribution in [0.3, 0.4) is 0 Å². The molecule has 0 bridgehead atoms. The van der Waals surface area contributed by atoms with E-state index in [1.54, 1.807) is 35.8 Å². The van der Waals surface area contributed by atoms with Gasteiger partial charge >= 0.3 is 0 Å².